The van der Waals surface area contributed by atoms with Gasteiger partial charge >= 0.3 is 0 Å². The van der Waals surface area contributed by atoms with E-state index in [1.165, 1.54) is 16.7 Å². The maximum absolute atomic E-state index is 12.0. The zero-order valence-corrected chi connectivity index (χ0v) is 13.6. The Balaban J connectivity index is 2.60. The lowest BCUT2D eigenvalue weighted by molar-refractivity contribution is -0.123. The highest BCUT2D eigenvalue weighted by Crippen LogP contribution is 2.19. The average Bonchev–Trinajstić information content (AvgIpc) is 2.35. The smallest absolute Gasteiger partial charge is 0.236 e. The topological polar surface area (TPSA) is 41.1 Å². The summed E-state index contributed by atoms with van der Waals surface area (Å²) in [4.78, 5) is 12.0. The van der Waals surface area contributed by atoms with E-state index in [1.807, 2.05) is 6.92 Å². The highest BCUT2D eigenvalue weighted by molar-refractivity contribution is 5.81. The number of carbonyl (C=O) groups is 1. The molecule has 0 saturated heterocycles. The van der Waals surface area contributed by atoms with E-state index in [4.69, 9.17) is 0 Å². The summed E-state index contributed by atoms with van der Waals surface area (Å²) in [5.74, 6) is 0.540. The van der Waals surface area contributed by atoms with Crippen LogP contribution in [0.4, 0.5) is 0 Å². The number of amides is 1. The second-order valence-electron chi connectivity index (χ2n) is 6.11. The first-order chi connectivity index (χ1) is 9.31. The maximum atomic E-state index is 12.0. The second kappa shape index (κ2) is 7.44. The van der Waals surface area contributed by atoms with Crippen molar-refractivity contribution in [2.45, 2.75) is 53.6 Å². The van der Waals surface area contributed by atoms with Gasteiger partial charge in [0.2, 0.25) is 5.91 Å². The molecule has 112 valence electrons. The van der Waals surface area contributed by atoms with Crippen LogP contribution < -0.4 is 10.6 Å². The Hall–Kier alpha value is -1.35. The Morgan fingerprint density at radius 3 is 2.35 bits per heavy atom. The van der Waals surface area contributed by atoms with Crippen molar-refractivity contribution in [2.24, 2.45) is 5.92 Å². The number of rotatable bonds is 6. The molecule has 0 bridgehead atoms. The monoisotopic (exact) mass is 276 g/mol. The van der Waals surface area contributed by atoms with Crippen LogP contribution in [0.5, 0.6) is 0 Å². The van der Waals surface area contributed by atoms with Gasteiger partial charge in [-0.3, -0.25) is 10.1 Å². The molecule has 0 aliphatic rings. The molecule has 0 aliphatic heterocycles. The largest absolute Gasteiger partial charge is 0.354 e. The van der Waals surface area contributed by atoms with Crippen LogP contribution in [0.25, 0.3) is 0 Å². The Morgan fingerprint density at radius 1 is 1.15 bits per heavy atom. The minimum absolute atomic E-state index is 0.0651. The van der Waals surface area contributed by atoms with Crippen molar-refractivity contribution in [3.05, 3.63) is 34.9 Å². The minimum Gasteiger partial charge on any atom is -0.354 e. The van der Waals surface area contributed by atoms with Crippen LogP contribution in [0, 0.1) is 19.8 Å². The van der Waals surface area contributed by atoms with Gasteiger partial charge < -0.3 is 5.32 Å². The van der Waals surface area contributed by atoms with Gasteiger partial charge in [0, 0.05) is 12.6 Å². The molecular weight excluding hydrogens is 248 g/mol. The summed E-state index contributed by atoms with van der Waals surface area (Å²) in [6, 6.07) is 6.40. The second-order valence-corrected chi connectivity index (χ2v) is 6.11. The van der Waals surface area contributed by atoms with Crippen molar-refractivity contribution in [3.63, 3.8) is 0 Å². The number of carbonyl (C=O) groups excluding carboxylic acids is 1. The lowest BCUT2D eigenvalue weighted by atomic mass is 10.00. The standard InChI is InChI=1S/C17H28N2O/c1-11(2)10-18-17(20)15(6)19-14(5)16-8-7-12(3)9-13(16)4/h7-9,11,14-15,19H,10H2,1-6H3,(H,18,20). The van der Waals surface area contributed by atoms with Crippen molar-refractivity contribution in [1.82, 2.24) is 10.6 Å². The molecule has 1 aromatic rings. The fraction of sp³-hybridized carbons (Fsp3) is 0.588. The van der Waals surface area contributed by atoms with E-state index in [0.717, 1.165) is 6.54 Å². The van der Waals surface area contributed by atoms with Gasteiger partial charge in [0.05, 0.1) is 6.04 Å². The molecule has 2 N–H and O–H groups in total. The third-order valence-electron chi connectivity index (χ3n) is 3.47. The highest BCUT2D eigenvalue weighted by atomic mass is 16.2. The van der Waals surface area contributed by atoms with Gasteiger partial charge in [0.25, 0.3) is 0 Å². The number of benzene rings is 1. The van der Waals surface area contributed by atoms with Crippen LogP contribution >= 0.6 is 0 Å². The van der Waals surface area contributed by atoms with Crippen LogP contribution in [0.3, 0.4) is 0 Å². The molecule has 3 nitrogen and oxygen atoms in total. The van der Waals surface area contributed by atoms with E-state index in [0.29, 0.717) is 5.92 Å². The van der Waals surface area contributed by atoms with Crippen molar-refractivity contribution in [2.75, 3.05) is 6.54 Å². The molecule has 20 heavy (non-hydrogen) atoms. The number of hydrogen-bond donors (Lipinski definition) is 2. The zero-order chi connectivity index (χ0) is 15.3. The molecule has 0 radical (unpaired) electrons. The summed E-state index contributed by atoms with van der Waals surface area (Å²) in [6.07, 6.45) is 0. The molecule has 0 fully saturated rings. The normalized spacial score (nSPS) is 14.2. The first-order valence-electron chi connectivity index (χ1n) is 7.42. The molecule has 1 aromatic carbocycles. The lowest BCUT2D eigenvalue weighted by Gasteiger charge is -2.22. The zero-order valence-electron chi connectivity index (χ0n) is 13.6. The summed E-state index contributed by atoms with van der Waals surface area (Å²) in [6.45, 7) is 13.1. The highest BCUT2D eigenvalue weighted by Gasteiger charge is 2.17. The van der Waals surface area contributed by atoms with Crippen LogP contribution in [-0.2, 0) is 4.79 Å². The SMILES string of the molecule is Cc1ccc(C(C)NC(C)C(=O)NCC(C)C)c(C)c1. The van der Waals surface area contributed by atoms with Crippen molar-refractivity contribution < 1.29 is 4.79 Å². The molecular formula is C17H28N2O. The number of nitrogens with one attached hydrogen (secondary N) is 2. The van der Waals surface area contributed by atoms with Gasteiger partial charge in [-0.05, 0) is 44.7 Å². The molecule has 0 aromatic heterocycles. The lowest BCUT2D eigenvalue weighted by Crippen LogP contribution is -2.44. The molecule has 2 unspecified atom stereocenters. The Morgan fingerprint density at radius 2 is 1.80 bits per heavy atom. The third kappa shape index (κ3) is 4.97. The summed E-state index contributed by atoms with van der Waals surface area (Å²) in [5, 5.41) is 6.33. The van der Waals surface area contributed by atoms with Gasteiger partial charge in [-0.25, -0.2) is 0 Å². The third-order valence-corrected chi connectivity index (χ3v) is 3.47. The maximum Gasteiger partial charge on any atom is 0.236 e. The molecule has 2 atom stereocenters. The van der Waals surface area contributed by atoms with Crippen molar-refractivity contribution in [1.29, 1.82) is 0 Å². The first-order valence-corrected chi connectivity index (χ1v) is 7.42. The summed E-state index contributed by atoms with van der Waals surface area (Å²) >= 11 is 0. The Bertz CT molecular complexity index is 454. The average molecular weight is 276 g/mol. The number of hydrogen-bond acceptors (Lipinski definition) is 2. The van der Waals surface area contributed by atoms with E-state index in [-0.39, 0.29) is 18.0 Å². The molecule has 0 heterocycles. The quantitative estimate of drug-likeness (QED) is 0.838. The molecule has 1 amide bonds. The first kappa shape index (κ1) is 16.7. The number of aryl methyl sites for hydroxylation is 2. The Labute approximate surface area is 123 Å². The van der Waals surface area contributed by atoms with Gasteiger partial charge in [0.15, 0.2) is 0 Å². The van der Waals surface area contributed by atoms with E-state index < -0.39 is 0 Å². The molecule has 0 aliphatic carbocycles. The predicted octanol–water partition coefficient (Wildman–Crippen LogP) is 3.11. The summed E-state index contributed by atoms with van der Waals surface area (Å²) < 4.78 is 0. The van der Waals surface area contributed by atoms with Gasteiger partial charge in [0.1, 0.15) is 0 Å². The molecule has 1 rings (SSSR count). The van der Waals surface area contributed by atoms with Gasteiger partial charge in [-0.1, -0.05) is 37.6 Å². The summed E-state index contributed by atoms with van der Waals surface area (Å²) in [5.41, 5.74) is 3.78. The van der Waals surface area contributed by atoms with Gasteiger partial charge in [-0.15, -0.1) is 0 Å². The van der Waals surface area contributed by atoms with Crippen molar-refractivity contribution in [3.8, 4) is 0 Å². The van der Waals surface area contributed by atoms with Crippen LogP contribution in [0.15, 0.2) is 18.2 Å². The Kier molecular flexibility index (Phi) is 6.21. The van der Waals surface area contributed by atoms with Gasteiger partial charge in [-0.2, -0.15) is 0 Å². The molecule has 3 heteroatoms. The van der Waals surface area contributed by atoms with Crippen LogP contribution in [0.1, 0.15) is 50.4 Å². The summed E-state index contributed by atoms with van der Waals surface area (Å²) in [7, 11) is 0. The van der Waals surface area contributed by atoms with E-state index in [9.17, 15) is 4.79 Å². The molecule has 0 spiro atoms. The fourth-order valence-electron chi connectivity index (χ4n) is 2.31. The van der Waals surface area contributed by atoms with Crippen molar-refractivity contribution >= 4 is 5.91 Å². The van der Waals surface area contributed by atoms with E-state index in [2.05, 4.69) is 63.5 Å². The van der Waals surface area contributed by atoms with Crippen LogP contribution in [-0.4, -0.2) is 18.5 Å². The molecule has 0 saturated carbocycles. The van der Waals surface area contributed by atoms with E-state index >= 15 is 0 Å². The minimum atomic E-state index is -0.190. The van der Waals surface area contributed by atoms with Crippen LogP contribution in [0.2, 0.25) is 0 Å². The predicted molar refractivity (Wildman–Crippen MR) is 84.8 cm³/mol. The fourth-order valence-corrected chi connectivity index (χ4v) is 2.31. The van der Waals surface area contributed by atoms with E-state index in [1.54, 1.807) is 0 Å².